The van der Waals surface area contributed by atoms with E-state index >= 15 is 0 Å². The van der Waals surface area contributed by atoms with Crippen molar-refractivity contribution in [2.45, 2.75) is 38.6 Å². The van der Waals surface area contributed by atoms with Gasteiger partial charge in [0.2, 0.25) is 0 Å². The molecule has 2 rings (SSSR count). The third-order valence-electron chi connectivity index (χ3n) is 3.66. The standard InChI is InChI=1S/C14H18FNO/c1-9-8-11(4-7-13(9)15)14(16)10-2-5-12(17)6-3-10/h4,7-8,10,14H,2-3,5-6,16H2,1H3. The summed E-state index contributed by atoms with van der Waals surface area (Å²) in [5.41, 5.74) is 7.81. The van der Waals surface area contributed by atoms with Gasteiger partial charge in [-0.15, -0.1) is 0 Å². The summed E-state index contributed by atoms with van der Waals surface area (Å²) in [6, 6.07) is 4.96. The van der Waals surface area contributed by atoms with Crippen LogP contribution in [0, 0.1) is 18.7 Å². The molecule has 0 radical (unpaired) electrons. The number of hydrogen-bond donors (Lipinski definition) is 1. The Morgan fingerprint density at radius 3 is 2.59 bits per heavy atom. The van der Waals surface area contributed by atoms with Crippen LogP contribution >= 0.6 is 0 Å². The summed E-state index contributed by atoms with van der Waals surface area (Å²) >= 11 is 0. The number of Topliss-reactive ketones (excluding diaryl/α,β-unsaturated/α-hetero) is 1. The molecule has 1 unspecified atom stereocenters. The third kappa shape index (κ3) is 2.72. The highest BCUT2D eigenvalue weighted by molar-refractivity contribution is 5.79. The van der Waals surface area contributed by atoms with Crippen LogP contribution in [-0.2, 0) is 4.79 Å². The van der Waals surface area contributed by atoms with Crippen molar-refractivity contribution in [2.24, 2.45) is 11.7 Å². The average Bonchev–Trinajstić information content (AvgIpc) is 2.33. The topological polar surface area (TPSA) is 43.1 Å². The molecule has 2 nitrogen and oxygen atoms in total. The lowest BCUT2D eigenvalue weighted by atomic mass is 9.81. The van der Waals surface area contributed by atoms with Gasteiger partial charge >= 0.3 is 0 Å². The van der Waals surface area contributed by atoms with Crippen LogP contribution in [0.1, 0.15) is 42.9 Å². The van der Waals surface area contributed by atoms with Crippen LogP contribution in [0.15, 0.2) is 18.2 Å². The van der Waals surface area contributed by atoms with Crippen LogP contribution in [0.25, 0.3) is 0 Å². The van der Waals surface area contributed by atoms with Crippen molar-refractivity contribution in [3.63, 3.8) is 0 Å². The number of nitrogens with two attached hydrogens (primary N) is 1. The lowest BCUT2D eigenvalue weighted by Crippen LogP contribution is -2.26. The fourth-order valence-corrected chi connectivity index (χ4v) is 2.47. The minimum atomic E-state index is -0.195. The molecule has 0 spiro atoms. The summed E-state index contributed by atoms with van der Waals surface area (Å²) in [7, 11) is 0. The molecule has 1 atom stereocenters. The molecule has 3 heteroatoms. The first-order chi connectivity index (χ1) is 8.08. The number of hydrogen-bond acceptors (Lipinski definition) is 2. The van der Waals surface area contributed by atoms with Crippen molar-refractivity contribution in [1.29, 1.82) is 0 Å². The Labute approximate surface area is 101 Å². The van der Waals surface area contributed by atoms with E-state index in [4.69, 9.17) is 5.73 Å². The molecule has 1 aromatic rings. The molecule has 1 saturated carbocycles. The van der Waals surface area contributed by atoms with E-state index in [9.17, 15) is 9.18 Å². The van der Waals surface area contributed by atoms with E-state index in [2.05, 4.69) is 0 Å². The quantitative estimate of drug-likeness (QED) is 0.856. The third-order valence-corrected chi connectivity index (χ3v) is 3.66. The second-order valence-corrected chi connectivity index (χ2v) is 4.91. The first-order valence-corrected chi connectivity index (χ1v) is 6.11. The minimum absolute atomic E-state index is 0.0811. The van der Waals surface area contributed by atoms with Crippen LogP contribution in [0.3, 0.4) is 0 Å². The summed E-state index contributed by atoms with van der Waals surface area (Å²) in [4.78, 5) is 11.2. The second kappa shape index (κ2) is 4.96. The molecule has 0 bridgehead atoms. The number of rotatable bonds is 2. The molecular formula is C14H18FNO. The number of aryl methyl sites for hydroxylation is 1. The van der Waals surface area contributed by atoms with E-state index < -0.39 is 0 Å². The molecule has 1 aliphatic carbocycles. The Bertz CT molecular complexity index is 420. The van der Waals surface area contributed by atoms with E-state index in [1.54, 1.807) is 13.0 Å². The number of carbonyl (C=O) groups excluding carboxylic acids is 1. The molecule has 0 aliphatic heterocycles. The Morgan fingerprint density at radius 2 is 2.00 bits per heavy atom. The average molecular weight is 235 g/mol. The molecule has 0 amide bonds. The van der Waals surface area contributed by atoms with Crippen LogP contribution in [0.4, 0.5) is 4.39 Å². The van der Waals surface area contributed by atoms with Crippen molar-refractivity contribution in [2.75, 3.05) is 0 Å². The van der Waals surface area contributed by atoms with Crippen molar-refractivity contribution in [3.8, 4) is 0 Å². The monoisotopic (exact) mass is 235 g/mol. The molecule has 0 saturated heterocycles. The maximum atomic E-state index is 13.2. The van der Waals surface area contributed by atoms with Crippen LogP contribution in [-0.4, -0.2) is 5.78 Å². The van der Waals surface area contributed by atoms with Gasteiger partial charge in [0.05, 0.1) is 0 Å². The van der Waals surface area contributed by atoms with E-state index in [0.717, 1.165) is 18.4 Å². The van der Waals surface area contributed by atoms with Gasteiger partial charge in [-0.1, -0.05) is 12.1 Å². The molecular weight excluding hydrogens is 217 g/mol. The zero-order valence-electron chi connectivity index (χ0n) is 10.1. The smallest absolute Gasteiger partial charge is 0.132 e. The van der Waals surface area contributed by atoms with Gasteiger partial charge in [-0.05, 0) is 42.9 Å². The van der Waals surface area contributed by atoms with Gasteiger partial charge in [-0.25, -0.2) is 4.39 Å². The predicted molar refractivity (Wildman–Crippen MR) is 65.0 cm³/mol. The highest BCUT2D eigenvalue weighted by Gasteiger charge is 2.25. The Kier molecular flexibility index (Phi) is 3.57. The Morgan fingerprint density at radius 1 is 1.35 bits per heavy atom. The van der Waals surface area contributed by atoms with E-state index in [-0.39, 0.29) is 11.9 Å². The molecule has 1 fully saturated rings. The van der Waals surface area contributed by atoms with Crippen molar-refractivity contribution < 1.29 is 9.18 Å². The summed E-state index contributed by atoms with van der Waals surface area (Å²) in [6.45, 7) is 1.75. The molecule has 2 N–H and O–H groups in total. The number of ketones is 1. The molecule has 92 valence electrons. The van der Waals surface area contributed by atoms with E-state index in [0.29, 0.717) is 30.1 Å². The maximum Gasteiger partial charge on any atom is 0.132 e. The van der Waals surface area contributed by atoms with Crippen LogP contribution in [0.5, 0.6) is 0 Å². The highest BCUT2D eigenvalue weighted by Crippen LogP contribution is 2.32. The van der Waals surface area contributed by atoms with Gasteiger partial charge in [0.1, 0.15) is 11.6 Å². The summed E-state index contributed by atoms with van der Waals surface area (Å²) in [6.07, 6.45) is 2.99. The Hall–Kier alpha value is -1.22. The van der Waals surface area contributed by atoms with Crippen molar-refractivity contribution in [1.82, 2.24) is 0 Å². The zero-order valence-corrected chi connectivity index (χ0v) is 10.1. The van der Waals surface area contributed by atoms with Crippen molar-refractivity contribution in [3.05, 3.63) is 35.1 Å². The van der Waals surface area contributed by atoms with Gasteiger partial charge in [0, 0.05) is 18.9 Å². The van der Waals surface area contributed by atoms with Crippen molar-refractivity contribution >= 4 is 5.78 Å². The van der Waals surface area contributed by atoms with Gasteiger partial charge in [0.15, 0.2) is 0 Å². The minimum Gasteiger partial charge on any atom is -0.324 e. The SMILES string of the molecule is Cc1cc(C(N)C2CCC(=O)CC2)ccc1F. The zero-order chi connectivity index (χ0) is 12.4. The number of halogens is 1. The maximum absolute atomic E-state index is 13.2. The van der Waals surface area contributed by atoms with Gasteiger partial charge in [0.25, 0.3) is 0 Å². The summed E-state index contributed by atoms with van der Waals surface area (Å²) in [5, 5.41) is 0. The molecule has 1 aromatic carbocycles. The highest BCUT2D eigenvalue weighted by atomic mass is 19.1. The molecule has 0 heterocycles. The van der Waals surface area contributed by atoms with E-state index in [1.807, 2.05) is 6.07 Å². The second-order valence-electron chi connectivity index (χ2n) is 4.91. The largest absolute Gasteiger partial charge is 0.324 e. The number of benzene rings is 1. The molecule has 17 heavy (non-hydrogen) atoms. The first kappa shape index (κ1) is 12.2. The molecule has 0 aromatic heterocycles. The fraction of sp³-hybridized carbons (Fsp3) is 0.500. The Balaban J connectivity index is 2.11. The summed E-state index contributed by atoms with van der Waals surface area (Å²) < 4.78 is 13.2. The fourth-order valence-electron chi connectivity index (χ4n) is 2.47. The first-order valence-electron chi connectivity index (χ1n) is 6.11. The molecule has 1 aliphatic rings. The van der Waals surface area contributed by atoms with Crippen LogP contribution in [0.2, 0.25) is 0 Å². The lowest BCUT2D eigenvalue weighted by Gasteiger charge is -2.27. The van der Waals surface area contributed by atoms with Gasteiger partial charge < -0.3 is 5.73 Å². The predicted octanol–water partition coefficient (Wildman–Crippen LogP) is 2.89. The summed E-state index contributed by atoms with van der Waals surface area (Å²) in [5.74, 6) is 0.487. The van der Waals surface area contributed by atoms with Crippen LogP contribution < -0.4 is 5.73 Å². The number of carbonyl (C=O) groups is 1. The lowest BCUT2D eigenvalue weighted by molar-refractivity contribution is -0.121. The van der Waals surface area contributed by atoms with E-state index in [1.165, 1.54) is 6.07 Å². The van der Waals surface area contributed by atoms with Gasteiger partial charge in [-0.3, -0.25) is 4.79 Å². The normalized spacial score (nSPS) is 19.4. The van der Waals surface area contributed by atoms with Gasteiger partial charge in [-0.2, -0.15) is 0 Å².